The van der Waals surface area contributed by atoms with E-state index in [1.165, 1.54) is 0 Å². The summed E-state index contributed by atoms with van der Waals surface area (Å²) in [7, 11) is 1.73. The number of halogens is 1. The zero-order chi connectivity index (χ0) is 13.7. The fraction of sp³-hybridized carbons (Fsp3) is 0.615. The Morgan fingerprint density at radius 1 is 1.58 bits per heavy atom. The predicted molar refractivity (Wildman–Crippen MR) is 73.9 cm³/mol. The van der Waals surface area contributed by atoms with Crippen LogP contribution < -0.4 is 11.3 Å². The van der Waals surface area contributed by atoms with Crippen LogP contribution in [0.3, 0.4) is 0 Å². The second-order valence-electron chi connectivity index (χ2n) is 4.77. The van der Waals surface area contributed by atoms with Gasteiger partial charge in [-0.2, -0.15) is 0 Å². The molecule has 2 rings (SSSR count). The van der Waals surface area contributed by atoms with E-state index >= 15 is 0 Å². The largest absolute Gasteiger partial charge is 0.381 e. The van der Waals surface area contributed by atoms with Crippen LogP contribution in [0.4, 0.5) is 0 Å². The van der Waals surface area contributed by atoms with Gasteiger partial charge >= 0.3 is 0 Å². The topological polar surface area (TPSA) is 69.4 Å². The summed E-state index contributed by atoms with van der Waals surface area (Å²) < 4.78 is 11.2. The molecule has 0 aliphatic carbocycles. The lowest BCUT2D eigenvalue weighted by Crippen LogP contribution is -2.58. The predicted octanol–water partition coefficient (Wildman–Crippen LogP) is 1.31. The van der Waals surface area contributed by atoms with Gasteiger partial charge < -0.3 is 9.47 Å². The Kier molecular flexibility index (Phi) is 5.13. The van der Waals surface area contributed by atoms with E-state index in [0.717, 1.165) is 18.4 Å². The molecule has 1 unspecified atom stereocenters. The third-order valence-electron chi connectivity index (χ3n) is 3.86. The van der Waals surface area contributed by atoms with Crippen molar-refractivity contribution in [3.63, 3.8) is 0 Å². The number of hydrogen-bond acceptors (Lipinski definition) is 5. The highest BCUT2D eigenvalue weighted by molar-refractivity contribution is 6.31. The van der Waals surface area contributed by atoms with Gasteiger partial charge in [0.25, 0.3) is 0 Å². The Hall–Kier alpha value is -0.720. The van der Waals surface area contributed by atoms with E-state index in [2.05, 4.69) is 10.4 Å². The van der Waals surface area contributed by atoms with Crippen LogP contribution in [0.1, 0.15) is 18.4 Å². The van der Waals surface area contributed by atoms with Gasteiger partial charge in [0.1, 0.15) is 0 Å². The molecule has 106 valence electrons. The molecule has 0 spiro atoms. The number of aromatic nitrogens is 1. The van der Waals surface area contributed by atoms with Gasteiger partial charge in [-0.15, -0.1) is 0 Å². The number of hydrogen-bond donors (Lipinski definition) is 2. The number of nitrogens with zero attached hydrogens (tertiary/aromatic N) is 1. The van der Waals surface area contributed by atoms with E-state index in [1.807, 2.05) is 6.07 Å². The molecule has 1 aliphatic heterocycles. The third-order valence-corrected chi connectivity index (χ3v) is 4.20. The lowest BCUT2D eigenvalue weighted by Gasteiger charge is -2.42. The average molecular weight is 286 g/mol. The standard InChI is InChI=1S/C13H20ClN3O2/c1-18-13(3-6-19-7-4-13)12(17-15)8-10-2-5-16-9-11(10)14/h2,5,9,12,17H,3-4,6-8,15H2,1H3. The zero-order valence-electron chi connectivity index (χ0n) is 11.1. The summed E-state index contributed by atoms with van der Waals surface area (Å²) in [5.74, 6) is 5.73. The molecule has 0 bridgehead atoms. The van der Waals surface area contributed by atoms with E-state index in [9.17, 15) is 0 Å². The molecule has 1 aliphatic rings. The molecule has 0 amide bonds. The Bertz CT molecular complexity index is 411. The average Bonchev–Trinajstić information content (AvgIpc) is 2.47. The Morgan fingerprint density at radius 3 is 2.89 bits per heavy atom. The van der Waals surface area contributed by atoms with E-state index in [4.69, 9.17) is 26.9 Å². The van der Waals surface area contributed by atoms with Crippen molar-refractivity contribution in [2.45, 2.75) is 30.9 Å². The molecule has 1 aromatic heterocycles. The fourth-order valence-corrected chi connectivity index (χ4v) is 2.79. The minimum Gasteiger partial charge on any atom is -0.381 e. The van der Waals surface area contributed by atoms with Crippen LogP contribution in [0.15, 0.2) is 18.5 Å². The van der Waals surface area contributed by atoms with E-state index in [-0.39, 0.29) is 11.6 Å². The molecule has 19 heavy (non-hydrogen) atoms. The summed E-state index contributed by atoms with van der Waals surface area (Å²) >= 11 is 6.16. The van der Waals surface area contributed by atoms with Gasteiger partial charge in [-0.1, -0.05) is 11.6 Å². The molecule has 2 heterocycles. The molecule has 1 aromatic rings. The summed E-state index contributed by atoms with van der Waals surface area (Å²) in [6.45, 7) is 1.38. The number of rotatable bonds is 5. The van der Waals surface area contributed by atoms with E-state index < -0.39 is 0 Å². The molecule has 1 fully saturated rings. The first-order valence-electron chi connectivity index (χ1n) is 6.39. The van der Waals surface area contributed by atoms with Gasteiger partial charge in [-0.25, -0.2) is 0 Å². The van der Waals surface area contributed by atoms with Crippen molar-refractivity contribution in [3.05, 3.63) is 29.0 Å². The monoisotopic (exact) mass is 285 g/mol. The number of nitrogens with two attached hydrogens (primary N) is 1. The number of nitrogens with one attached hydrogen (secondary N) is 1. The summed E-state index contributed by atoms with van der Waals surface area (Å²) in [5.41, 5.74) is 3.59. The van der Waals surface area contributed by atoms with Crippen LogP contribution in [0.5, 0.6) is 0 Å². The van der Waals surface area contributed by atoms with Crippen molar-refractivity contribution in [2.24, 2.45) is 5.84 Å². The quantitative estimate of drug-likeness (QED) is 0.630. The molecular formula is C13H20ClN3O2. The highest BCUT2D eigenvalue weighted by Crippen LogP contribution is 2.30. The van der Waals surface area contributed by atoms with Crippen LogP contribution >= 0.6 is 11.6 Å². The second-order valence-corrected chi connectivity index (χ2v) is 5.18. The maximum absolute atomic E-state index is 6.16. The Balaban J connectivity index is 2.17. The van der Waals surface area contributed by atoms with Gasteiger partial charge in [-0.05, 0) is 18.1 Å². The van der Waals surface area contributed by atoms with Crippen molar-refractivity contribution in [1.82, 2.24) is 10.4 Å². The molecule has 3 N–H and O–H groups in total. The number of methoxy groups -OCH3 is 1. The molecule has 0 radical (unpaired) electrons. The fourth-order valence-electron chi connectivity index (χ4n) is 2.60. The number of hydrazine groups is 1. The Labute approximate surface area is 118 Å². The zero-order valence-corrected chi connectivity index (χ0v) is 11.8. The van der Waals surface area contributed by atoms with Crippen molar-refractivity contribution in [1.29, 1.82) is 0 Å². The summed E-state index contributed by atoms with van der Waals surface area (Å²) in [5, 5.41) is 0.654. The smallest absolute Gasteiger partial charge is 0.0891 e. The third kappa shape index (κ3) is 3.24. The molecular weight excluding hydrogens is 266 g/mol. The van der Waals surface area contributed by atoms with Crippen molar-refractivity contribution in [3.8, 4) is 0 Å². The number of pyridine rings is 1. The lowest BCUT2D eigenvalue weighted by molar-refractivity contribution is -0.110. The van der Waals surface area contributed by atoms with Crippen LogP contribution in [-0.2, 0) is 15.9 Å². The maximum Gasteiger partial charge on any atom is 0.0891 e. The van der Waals surface area contributed by atoms with Crippen molar-refractivity contribution in [2.75, 3.05) is 20.3 Å². The van der Waals surface area contributed by atoms with Crippen LogP contribution in [0, 0.1) is 0 Å². The molecule has 0 aromatic carbocycles. The van der Waals surface area contributed by atoms with Gasteiger partial charge in [0.2, 0.25) is 0 Å². The second kappa shape index (κ2) is 6.63. The first kappa shape index (κ1) is 14.7. The molecule has 0 saturated carbocycles. The molecule has 6 heteroatoms. The van der Waals surface area contributed by atoms with Crippen LogP contribution in [-0.4, -0.2) is 37.0 Å². The highest BCUT2D eigenvalue weighted by atomic mass is 35.5. The van der Waals surface area contributed by atoms with Gasteiger partial charge in [-0.3, -0.25) is 16.3 Å². The summed E-state index contributed by atoms with van der Waals surface area (Å²) in [6.07, 6.45) is 5.72. The minimum absolute atomic E-state index is 0.0127. The molecule has 1 atom stereocenters. The SMILES string of the molecule is COC1(C(Cc2ccncc2Cl)NN)CCOCC1. The summed E-state index contributed by atoms with van der Waals surface area (Å²) in [6, 6.07) is 1.90. The molecule has 5 nitrogen and oxygen atoms in total. The highest BCUT2D eigenvalue weighted by Gasteiger charge is 2.40. The van der Waals surface area contributed by atoms with Gasteiger partial charge in [0, 0.05) is 45.6 Å². The Morgan fingerprint density at radius 2 is 2.32 bits per heavy atom. The number of ether oxygens (including phenoxy) is 2. The van der Waals surface area contributed by atoms with Crippen molar-refractivity contribution >= 4 is 11.6 Å². The normalized spacial score (nSPS) is 20.2. The lowest BCUT2D eigenvalue weighted by atomic mass is 9.83. The summed E-state index contributed by atoms with van der Waals surface area (Å²) in [4.78, 5) is 3.99. The first-order chi connectivity index (χ1) is 9.22. The van der Waals surface area contributed by atoms with Gasteiger partial charge in [0.05, 0.1) is 16.7 Å². The minimum atomic E-state index is -0.306. The van der Waals surface area contributed by atoms with E-state index in [0.29, 0.717) is 24.7 Å². The maximum atomic E-state index is 6.16. The van der Waals surface area contributed by atoms with Crippen LogP contribution in [0.2, 0.25) is 5.02 Å². The van der Waals surface area contributed by atoms with Crippen LogP contribution in [0.25, 0.3) is 0 Å². The van der Waals surface area contributed by atoms with E-state index in [1.54, 1.807) is 19.5 Å². The molecule has 1 saturated heterocycles. The van der Waals surface area contributed by atoms with Crippen molar-refractivity contribution < 1.29 is 9.47 Å². The first-order valence-corrected chi connectivity index (χ1v) is 6.77. The van der Waals surface area contributed by atoms with Gasteiger partial charge in [0.15, 0.2) is 0 Å².